The first-order valence-electron chi connectivity index (χ1n) is 8.68. The van der Waals surface area contributed by atoms with Crippen molar-refractivity contribution in [1.82, 2.24) is 0 Å². The van der Waals surface area contributed by atoms with Gasteiger partial charge >= 0.3 is 5.97 Å². The number of hydrogen-bond acceptors (Lipinski definition) is 4. The Balaban J connectivity index is 1.86. The smallest absolute Gasteiger partial charge is 0.335 e. The van der Waals surface area contributed by atoms with Crippen LogP contribution < -0.4 is 10.2 Å². The number of carbonyl (C=O) groups excluding carboxylic acids is 1. The Kier molecular flexibility index (Phi) is 5.78. The molecule has 0 saturated carbocycles. The first kappa shape index (κ1) is 18.3. The highest BCUT2D eigenvalue weighted by molar-refractivity contribution is 6.31. The van der Waals surface area contributed by atoms with Crippen LogP contribution in [0, 0.1) is 0 Å². The molecule has 1 saturated heterocycles. The van der Waals surface area contributed by atoms with E-state index in [0.29, 0.717) is 10.6 Å². The summed E-state index contributed by atoms with van der Waals surface area (Å²) in [6.45, 7) is 1.96. The molecule has 0 amide bonds. The highest BCUT2D eigenvalue weighted by Gasteiger charge is 2.18. The summed E-state index contributed by atoms with van der Waals surface area (Å²) in [5, 5.41) is 12.9. The average molecular weight is 373 g/mol. The van der Waals surface area contributed by atoms with Crippen LogP contribution in [0.5, 0.6) is 0 Å². The van der Waals surface area contributed by atoms with Gasteiger partial charge in [-0.05, 0) is 55.2 Å². The number of benzene rings is 2. The lowest BCUT2D eigenvalue weighted by Gasteiger charge is -2.31. The van der Waals surface area contributed by atoms with E-state index in [9.17, 15) is 9.59 Å². The molecule has 2 aromatic carbocycles. The monoisotopic (exact) mass is 372 g/mol. The zero-order valence-corrected chi connectivity index (χ0v) is 15.1. The fraction of sp³-hybridized carbons (Fsp3) is 0.300. The third-order valence-electron chi connectivity index (χ3n) is 4.62. The molecule has 0 aliphatic carbocycles. The van der Waals surface area contributed by atoms with Gasteiger partial charge in [-0.15, -0.1) is 0 Å². The summed E-state index contributed by atoms with van der Waals surface area (Å²) in [7, 11) is 0. The maximum Gasteiger partial charge on any atom is 0.335 e. The van der Waals surface area contributed by atoms with Crippen LogP contribution in [0.1, 0.15) is 41.2 Å². The number of aromatic carboxylic acids is 1. The molecule has 0 radical (unpaired) electrons. The minimum Gasteiger partial charge on any atom is -0.478 e. The topological polar surface area (TPSA) is 69.6 Å². The van der Waals surface area contributed by atoms with Crippen LogP contribution in [0.25, 0.3) is 0 Å². The van der Waals surface area contributed by atoms with E-state index < -0.39 is 12.0 Å². The Hall–Kier alpha value is -2.53. The Bertz CT molecular complexity index is 786. The predicted octanol–water partition coefficient (Wildman–Crippen LogP) is 4.38. The molecule has 1 atom stereocenters. The highest BCUT2D eigenvalue weighted by atomic mass is 35.5. The molecule has 2 N–H and O–H groups in total. The summed E-state index contributed by atoms with van der Waals surface area (Å²) >= 11 is 6.17. The average Bonchev–Trinajstić information content (AvgIpc) is 2.67. The van der Waals surface area contributed by atoms with Crippen LogP contribution >= 0.6 is 11.6 Å². The zero-order chi connectivity index (χ0) is 18.5. The van der Waals surface area contributed by atoms with Gasteiger partial charge in [-0.2, -0.15) is 0 Å². The van der Waals surface area contributed by atoms with Crippen LogP contribution in [0.4, 0.5) is 11.4 Å². The van der Waals surface area contributed by atoms with Crippen molar-refractivity contribution in [2.24, 2.45) is 0 Å². The van der Waals surface area contributed by atoms with Gasteiger partial charge in [-0.1, -0.05) is 23.7 Å². The van der Waals surface area contributed by atoms with Crippen molar-refractivity contribution >= 4 is 35.2 Å². The lowest BCUT2D eigenvalue weighted by atomic mass is 10.0. The van der Waals surface area contributed by atoms with Gasteiger partial charge in [0.25, 0.3) is 0 Å². The summed E-state index contributed by atoms with van der Waals surface area (Å²) in [4.78, 5) is 25.0. The van der Waals surface area contributed by atoms with Crippen LogP contribution in [0.2, 0.25) is 5.02 Å². The van der Waals surface area contributed by atoms with Crippen molar-refractivity contribution in [3.05, 3.63) is 58.6 Å². The normalized spacial score (nSPS) is 15.3. The first-order chi connectivity index (χ1) is 12.6. The van der Waals surface area contributed by atoms with Gasteiger partial charge in [-0.3, -0.25) is 0 Å². The third-order valence-corrected chi connectivity index (χ3v) is 4.85. The van der Waals surface area contributed by atoms with E-state index >= 15 is 0 Å². The van der Waals surface area contributed by atoms with E-state index in [1.807, 2.05) is 18.2 Å². The molecular weight excluding hydrogens is 352 g/mol. The molecule has 1 aliphatic rings. The standard InChI is InChI=1S/C20H21ClN2O3/c21-16-8-9-19(23-10-2-1-3-11-23)17(12-16)22-18(13-24)14-4-6-15(7-5-14)20(25)26/h4-9,12-13,18,22H,1-3,10-11H2,(H,25,26). The van der Waals surface area contributed by atoms with Gasteiger partial charge in [0.15, 0.2) is 0 Å². The largest absolute Gasteiger partial charge is 0.478 e. The Labute approximate surface area is 157 Å². The lowest BCUT2D eigenvalue weighted by Crippen LogP contribution is -2.30. The fourth-order valence-corrected chi connectivity index (χ4v) is 3.40. The Morgan fingerprint density at radius 3 is 2.42 bits per heavy atom. The van der Waals surface area contributed by atoms with E-state index in [2.05, 4.69) is 10.2 Å². The number of hydrogen-bond donors (Lipinski definition) is 2. The predicted molar refractivity (Wildman–Crippen MR) is 103 cm³/mol. The molecule has 5 nitrogen and oxygen atoms in total. The lowest BCUT2D eigenvalue weighted by molar-refractivity contribution is -0.108. The fourth-order valence-electron chi connectivity index (χ4n) is 3.23. The second-order valence-electron chi connectivity index (χ2n) is 6.39. The number of aldehydes is 1. The van der Waals surface area contributed by atoms with Gasteiger partial charge in [0, 0.05) is 18.1 Å². The van der Waals surface area contributed by atoms with E-state index in [1.54, 1.807) is 12.1 Å². The summed E-state index contributed by atoms with van der Waals surface area (Å²) < 4.78 is 0. The molecule has 1 aliphatic heterocycles. The van der Waals surface area contributed by atoms with Crippen molar-refractivity contribution in [1.29, 1.82) is 0 Å². The second-order valence-corrected chi connectivity index (χ2v) is 6.83. The van der Waals surface area contributed by atoms with Gasteiger partial charge < -0.3 is 20.1 Å². The van der Waals surface area contributed by atoms with Gasteiger partial charge in [0.1, 0.15) is 12.3 Å². The van der Waals surface area contributed by atoms with Crippen molar-refractivity contribution < 1.29 is 14.7 Å². The van der Waals surface area contributed by atoms with Crippen LogP contribution in [-0.4, -0.2) is 30.5 Å². The summed E-state index contributed by atoms with van der Waals surface area (Å²) in [5.74, 6) is -0.991. The number of carboxylic acids is 1. The number of carbonyl (C=O) groups is 2. The van der Waals surface area contributed by atoms with Crippen molar-refractivity contribution in [2.45, 2.75) is 25.3 Å². The summed E-state index contributed by atoms with van der Waals surface area (Å²) in [6.07, 6.45) is 4.35. The van der Waals surface area contributed by atoms with Crippen molar-refractivity contribution in [3.8, 4) is 0 Å². The van der Waals surface area contributed by atoms with Gasteiger partial charge in [0.05, 0.1) is 16.9 Å². The van der Waals surface area contributed by atoms with Gasteiger partial charge in [-0.25, -0.2) is 4.79 Å². The summed E-state index contributed by atoms with van der Waals surface area (Å²) in [5.41, 5.74) is 2.73. The molecule has 0 aromatic heterocycles. The van der Waals surface area contributed by atoms with Crippen molar-refractivity contribution in [3.63, 3.8) is 0 Å². The van der Waals surface area contributed by atoms with E-state index in [0.717, 1.165) is 43.6 Å². The number of carboxylic acid groups (broad SMARTS) is 1. The van der Waals surface area contributed by atoms with Crippen molar-refractivity contribution in [2.75, 3.05) is 23.3 Å². The second kappa shape index (κ2) is 8.23. The molecule has 2 aromatic rings. The number of nitrogens with one attached hydrogen (secondary N) is 1. The molecule has 0 spiro atoms. The zero-order valence-electron chi connectivity index (χ0n) is 14.3. The molecule has 6 heteroatoms. The molecule has 136 valence electrons. The molecule has 1 unspecified atom stereocenters. The number of nitrogens with zero attached hydrogens (tertiary/aromatic N) is 1. The number of anilines is 2. The van der Waals surface area contributed by atoms with E-state index in [4.69, 9.17) is 16.7 Å². The molecule has 26 heavy (non-hydrogen) atoms. The summed E-state index contributed by atoms with van der Waals surface area (Å²) in [6, 6.07) is 11.4. The maximum absolute atomic E-state index is 11.7. The maximum atomic E-state index is 11.7. The molecular formula is C20H21ClN2O3. The first-order valence-corrected chi connectivity index (χ1v) is 9.06. The highest BCUT2D eigenvalue weighted by Crippen LogP contribution is 2.33. The number of rotatable bonds is 6. The van der Waals surface area contributed by atoms with Crippen LogP contribution in [0.3, 0.4) is 0 Å². The van der Waals surface area contributed by atoms with E-state index in [1.165, 1.54) is 18.6 Å². The number of piperidine rings is 1. The van der Waals surface area contributed by atoms with Gasteiger partial charge in [0.2, 0.25) is 0 Å². The van der Waals surface area contributed by atoms with E-state index in [-0.39, 0.29) is 5.56 Å². The minimum absolute atomic E-state index is 0.190. The van der Waals surface area contributed by atoms with Crippen LogP contribution in [-0.2, 0) is 4.79 Å². The SMILES string of the molecule is O=CC(Nc1cc(Cl)ccc1N1CCCCC1)c1ccc(C(=O)O)cc1. The Morgan fingerprint density at radius 2 is 1.81 bits per heavy atom. The Morgan fingerprint density at radius 1 is 1.12 bits per heavy atom. The quantitative estimate of drug-likeness (QED) is 0.736. The molecule has 1 fully saturated rings. The number of halogens is 1. The molecule has 3 rings (SSSR count). The molecule has 1 heterocycles. The molecule has 0 bridgehead atoms. The third kappa shape index (κ3) is 4.17. The minimum atomic E-state index is -0.991. The van der Waals surface area contributed by atoms with Crippen LogP contribution in [0.15, 0.2) is 42.5 Å².